The molecular formula is C24H20O5. The van der Waals surface area contributed by atoms with Gasteiger partial charge in [-0.15, -0.1) is 0 Å². The minimum Gasteiger partial charge on any atom is -0.464 e. The van der Waals surface area contributed by atoms with Crippen molar-refractivity contribution in [3.63, 3.8) is 0 Å². The van der Waals surface area contributed by atoms with Gasteiger partial charge in [-0.05, 0) is 61.4 Å². The molecular weight excluding hydrogens is 368 g/mol. The van der Waals surface area contributed by atoms with Crippen molar-refractivity contribution in [3.8, 4) is 33.9 Å². The van der Waals surface area contributed by atoms with Gasteiger partial charge in [-0.1, -0.05) is 31.4 Å². The van der Waals surface area contributed by atoms with Gasteiger partial charge < -0.3 is 13.9 Å². The normalized spacial score (nSPS) is 10.3. The molecule has 0 saturated carbocycles. The summed E-state index contributed by atoms with van der Waals surface area (Å²) >= 11 is 0. The Hall–Kier alpha value is -3.86. The maximum Gasteiger partial charge on any atom is 0.338 e. The number of hydrogen-bond acceptors (Lipinski definition) is 5. The van der Waals surface area contributed by atoms with Crippen molar-refractivity contribution in [3.05, 3.63) is 85.2 Å². The predicted octanol–water partition coefficient (Wildman–Crippen LogP) is 5.58. The molecule has 0 aliphatic heterocycles. The van der Waals surface area contributed by atoms with Gasteiger partial charge in [0.2, 0.25) is 0 Å². The molecule has 3 aromatic rings. The number of benzene rings is 2. The summed E-state index contributed by atoms with van der Waals surface area (Å²) in [7, 11) is 0. The molecule has 0 aliphatic carbocycles. The molecule has 2 aromatic carbocycles. The van der Waals surface area contributed by atoms with Crippen molar-refractivity contribution >= 4 is 11.9 Å². The topological polar surface area (TPSA) is 65.7 Å². The molecule has 0 saturated heterocycles. The lowest BCUT2D eigenvalue weighted by Gasteiger charge is -2.11. The van der Waals surface area contributed by atoms with E-state index < -0.39 is 11.9 Å². The minimum absolute atomic E-state index is 0.305. The van der Waals surface area contributed by atoms with Crippen LogP contribution in [-0.2, 0) is 9.59 Å². The van der Waals surface area contributed by atoms with Crippen LogP contribution in [0.2, 0.25) is 0 Å². The van der Waals surface area contributed by atoms with E-state index in [9.17, 15) is 9.59 Å². The van der Waals surface area contributed by atoms with Gasteiger partial charge >= 0.3 is 11.9 Å². The average molecular weight is 388 g/mol. The zero-order chi connectivity index (χ0) is 21.0. The standard InChI is InChI=1S/C24H20O5/c1-15(2)23(25)28-19-10-7-17(8-11-19)18-9-12-22(29-24(26)16(3)4)20(14-18)21-6-5-13-27-21/h5-14H,1,3H2,2,4H3. The summed E-state index contributed by atoms with van der Waals surface area (Å²) in [5.41, 5.74) is 3.05. The van der Waals surface area contributed by atoms with Crippen molar-refractivity contribution in [2.24, 2.45) is 0 Å². The highest BCUT2D eigenvalue weighted by Crippen LogP contribution is 2.35. The monoisotopic (exact) mass is 388 g/mol. The van der Waals surface area contributed by atoms with Crippen LogP contribution in [-0.4, -0.2) is 11.9 Å². The number of carbonyl (C=O) groups is 2. The molecule has 0 amide bonds. The summed E-state index contributed by atoms with van der Waals surface area (Å²) in [6.07, 6.45) is 1.55. The highest BCUT2D eigenvalue weighted by Gasteiger charge is 2.15. The van der Waals surface area contributed by atoms with E-state index in [2.05, 4.69) is 13.2 Å². The Bertz CT molecular complexity index is 1070. The van der Waals surface area contributed by atoms with Crippen molar-refractivity contribution in [2.75, 3.05) is 0 Å². The summed E-state index contributed by atoms with van der Waals surface area (Å²) in [6.45, 7) is 10.4. The van der Waals surface area contributed by atoms with Crippen LogP contribution in [0.4, 0.5) is 0 Å². The molecule has 0 fully saturated rings. The van der Waals surface area contributed by atoms with Gasteiger partial charge in [-0.25, -0.2) is 9.59 Å². The molecule has 0 spiro atoms. The van der Waals surface area contributed by atoms with Crippen molar-refractivity contribution in [1.82, 2.24) is 0 Å². The first-order valence-electron chi connectivity index (χ1n) is 8.89. The third-order valence-corrected chi connectivity index (χ3v) is 4.06. The molecule has 1 heterocycles. The molecule has 0 radical (unpaired) electrons. The first kappa shape index (κ1) is 19.9. The number of rotatable bonds is 6. The van der Waals surface area contributed by atoms with E-state index in [1.165, 1.54) is 0 Å². The van der Waals surface area contributed by atoms with Crippen LogP contribution in [0.15, 0.2) is 89.6 Å². The minimum atomic E-state index is -0.505. The van der Waals surface area contributed by atoms with Gasteiger partial charge in [0, 0.05) is 11.1 Å². The zero-order valence-electron chi connectivity index (χ0n) is 16.2. The van der Waals surface area contributed by atoms with Crippen LogP contribution in [0.3, 0.4) is 0 Å². The molecule has 0 N–H and O–H groups in total. The van der Waals surface area contributed by atoms with E-state index in [-0.39, 0.29) is 0 Å². The molecule has 146 valence electrons. The van der Waals surface area contributed by atoms with Crippen LogP contribution in [0.1, 0.15) is 13.8 Å². The van der Waals surface area contributed by atoms with E-state index in [1.54, 1.807) is 50.4 Å². The van der Waals surface area contributed by atoms with E-state index in [0.29, 0.717) is 34.0 Å². The zero-order valence-corrected chi connectivity index (χ0v) is 16.2. The second-order valence-electron chi connectivity index (χ2n) is 6.55. The highest BCUT2D eigenvalue weighted by atomic mass is 16.5. The molecule has 0 bridgehead atoms. The first-order valence-corrected chi connectivity index (χ1v) is 8.89. The van der Waals surface area contributed by atoms with Crippen LogP contribution < -0.4 is 9.47 Å². The molecule has 1 aromatic heterocycles. The summed E-state index contributed by atoms with van der Waals surface area (Å²) < 4.78 is 16.2. The lowest BCUT2D eigenvalue weighted by Crippen LogP contribution is -2.09. The SMILES string of the molecule is C=C(C)C(=O)Oc1ccc(-c2ccc(OC(=O)C(=C)C)c(-c3ccco3)c2)cc1. The number of esters is 2. The van der Waals surface area contributed by atoms with Crippen molar-refractivity contribution in [2.45, 2.75) is 13.8 Å². The van der Waals surface area contributed by atoms with Gasteiger partial charge in [0.15, 0.2) is 0 Å². The third-order valence-electron chi connectivity index (χ3n) is 4.06. The van der Waals surface area contributed by atoms with Gasteiger partial charge in [-0.3, -0.25) is 0 Å². The maximum atomic E-state index is 12.0. The molecule has 0 unspecified atom stereocenters. The average Bonchev–Trinajstić information content (AvgIpc) is 3.23. The first-order chi connectivity index (χ1) is 13.8. The largest absolute Gasteiger partial charge is 0.464 e. The number of ether oxygens (including phenoxy) is 2. The molecule has 0 aliphatic rings. The summed E-state index contributed by atoms with van der Waals surface area (Å²) in [4.78, 5) is 23.6. The van der Waals surface area contributed by atoms with Crippen molar-refractivity contribution < 1.29 is 23.5 Å². The molecule has 29 heavy (non-hydrogen) atoms. The van der Waals surface area contributed by atoms with E-state index in [0.717, 1.165) is 11.1 Å². The summed E-state index contributed by atoms with van der Waals surface area (Å²) in [5.74, 6) is 0.405. The van der Waals surface area contributed by atoms with E-state index >= 15 is 0 Å². The fourth-order valence-corrected chi connectivity index (χ4v) is 2.52. The van der Waals surface area contributed by atoms with E-state index in [1.807, 2.05) is 24.3 Å². The highest BCUT2D eigenvalue weighted by molar-refractivity contribution is 5.90. The van der Waals surface area contributed by atoms with Gasteiger partial charge in [0.25, 0.3) is 0 Å². The lowest BCUT2D eigenvalue weighted by atomic mass is 10.0. The second-order valence-corrected chi connectivity index (χ2v) is 6.55. The maximum absolute atomic E-state index is 12.0. The van der Waals surface area contributed by atoms with Crippen LogP contribution in [0, 0.1) is 0 Å². The number of furan rings is 1. The molecule has 0 atom stereocenters. The molecule has 5 nitrogen and oxygen atoms in total. The number of hydrogen-bond donors (Lipinski definition) is 0. The fourth-order valence-electron chi connectivity index (χ4n) is 2.52. The van der Waals surface area contributed by atoms with E-state index in [4.69, 9.17) is 13.9 Å². The molecule has 5 heteroatoms. The Labute approximate surface area is 168 Å². The predicted molar refractivity (Wildman–Crippen MR) is 110 cm³/mol. The quantitative estimate of drug-likeness (QED) is 0.313. The Balaban J connectivity index is 1.93. The van der Waals surface area contributed by atoms with Crippen LogP contribution in [0.25, 0.3) is 22.5 Å². The van der Waals surface area contributed by atoms with Gasteiger partial charge in [0.1, 0.15) is 17.3 Å². The summed E-state index contributed by atoms with van der Waals surface area (Å²) in [5, 5.41) is 0. The molecule has 3 rings (SSSR count). The number of carbonyl (C=O) groups excluding carboxylic acids is 2. The summed E-state index contributed by atoms with van der Waals surface area (Å²) in [6, 6.07) is 16.0. The fraction of sp³-hybridized carbons (Fsp3) is 0.0833. The van der Waals surface area contributed by atoms with Gasteiger partial charge in [0.05, 0.1) is 11.8 Å². The Morgan fingerprint density at radius 1 is 0.828 bits per heavy atom. The van der Waals surface area contributed by atoms with Gasteiger partial charge in [-0.2, -0.15) is 0 Å². The lowest BCUT2D eigenvalue weighted by molar-refractivity contribution is -0.130. The smallest absolute Gasteiger partial charge is 0.338 e. The third kappa shape index (κ3) is 4.71. The van der Waals surface area contributed by atoms with Crippen LogP contribution >= 0.6 is 0 Å². The second kappa shape index (κ2) is 8.44. The van der Waals surface area contributed by atoms with Crippen molar-refractivity contribution in [1.29, 1.82) is 0 Å². The Kier molecular flexibility index (Phi) is 5.79. The Morgan fingerprint density at radius 3 is 2.03 bits per heavy atom. The van der Waals surface area contributed by atoms with Crippen LogP contribution in [0.5, 0.6) is 11.5 Å². The Morgan fingerprint density at radius 2 is 1.45 bits per heavy atom.